The second kappa shape index (κ2) is 6.27. The Kier molecular flexibility index (Phi) is 4.95. The summed E-state index contributed by atoms with van der Waals surface area (Å²) in [5, 5.41) is 22.0. The highest BCUT2D eigenvalue weighted by molar-refractivity contribution is 5.79. The number of hydrogen-bond acceptors (Lipinski definition) is 4. The maximum Gasteiger partial charge on any atom is 0.326 e. The third kappa shape index (κ3) is 3.62. The van der Waals surface area contributed by atoms with Gasteiger partial charge in [0, 0.05) is 6.07 Å². The zero-order valence-electron chi connectivity index (χ0n) is 10.9. The topological polar surface area (TPSA) is 92.5 Å². The number of carboxylic acids is 1. The van der Waals surface area contributed by atoms with Gasteiger partial charge in [0.25, 0.3) is 5.69 Å². The zero-order valence-corrected chi connectivity index (χ0v) is 10.9. The summed E-state index contributed by atoms with van der Waals surface area (Å²) in [4.78, 5) is 21.0. The molecule has 0 saturated carbocycles. The highest BCUT2D eigenvalue weighted by atomic mass is 19.2. The number of nitrogens with one attached hydrogen (secondary N) is 1. The summed E-state index contributed by atoms with van der Waals surface area (Å²) in [6, 6.07) is 0.163. The number of aliphatic carboxylic acids is 1. The third-order valence-corrected chi connectivity index (χ3v) is 2.59. The Labute approximate surface area is 113 Å². The molecule has 0 spiro atoms. The maximum absolute atomic E-state index is 13.6. The first-order valence-corrected chi connectivity index (χ1v) is 5.85. The molecule has 110 valence electrons. The fourth-order valence-electron chi connectivity index (χ4n) is 1.70. The molecule has 20 heavy (non-hydrogen) atoms. The lowest BCUT2D eigenvalue weighted by Crippen LogP contribution is -2.31. The summed E-state index contributed by atoms with van der Waals surface area (Å²) in [7, 11) is 0. The third-order valence-electron chi connectivity index (χ3n) is 2.59. The molecule has 0 heterocycles. The minimum atomic E-state index is -1.46. The molecule has 0 aliphatic heterocycles. The fourth-order valence-corrected chi connectivity index (χ4v) is 1.70. The molecule has 1 aromatic rings. The van der Waals surface area contributed by atoms with Gasteiger partial charge in [0.2, 0.25) is 0 Å². The second-order valence-electron chi connectivity index (χ2n) is 4.68. The number of nitro benzene ring substituents is 1. The Morgan fingerprint density at radius 1 is 1.45 bits per heavy atom. The first-order valence-electron chi connectivity index (χ1n) is 5.85. The lowest BCUT2D eigenvalue weighted by molar-refractivity contribution is -0.384. The predicted octanol–water partition coefficient (Wildman–Crippen LogP) is 2.78. The molecule has 0 fully saturated rings. The number of halogens is 2. The minimum Gasteiger partial charge on any atom is -0.480 e. The van der Waals surface area contributed by atoms with Crippen molar-refractivity contribution in [1.82, 2.24) is 0 Å². The van der Waals surface area contributed by atoms with E-state index in [4.69, 9.17) is 5.11 Å². The van der Waals surface area contributed by atoms with Gasteiger partial charge in [-0.3, -0.25) is 10.1 Å². The van der Waals surface area contributed by atoms with Gasteiger partial charge in [-0.15, -0.1) is 0 Å². The molecule has 1 atom stereocenters. The highest BCUT2D eigenvalue weighted by Gasteiger charge is 2.27. The number of hydrogen-bond donors (Lipinski definition) is 2. The molecule has 0 bridgehead atoms. The Hall–Kier alpha value is -2.25. The van der Waals surface area contributed by atoms with Gasteiger partial charge in [-0.2, -0.15) is 0 Å². The van der Waals surface area contributed by atoms with E-state index in [2.05, 4.69) is 5.32 Å². The molecule has 8 heteroatoms. The first kappa shape index (κ1) is 15.8. The molecule has 0 aromatic heterocycles. The van der Waals surface area contributed by atoms with Crippen molar-refractivity contribution in [3.63, 3.8) is 0 Å². The van der Waals surface area contributed by atoms with Crippen molar-refractivity contribution < 1.29 is 23.6 Å². The summed E-state index contributed by atoms with van der Waals surface area (Å²) in [6.07, 6.45) is 0.114. The lowest BCUT2D eigenvalue weighted by Gasteiger charge is -2.18. The van der Waals surface area contributed by atoms with Gasteiger partial charge in [-0.1, -0.05) is 13.8 Å². The van der Waals surface area contributed by atoms with Crippen molar-refractivity contribution in [3.8, 4) is 0 Å². The van der Waals surface area contributed by atoms with Crippen molar-refractivity contribution in [2.75, 3.05) is 5.32 Å². The van der Waals surface area contributed by atoms with Crippen molar-refractivity contribution in [2.24, 2.45) is 5.92 Å². The van der Waals surface area contributed by atoms with Gasteiger partial charge < -0.3 is 10.4 Å². The summed E-state index contributed by atoms with van der Waals surface area (Å²) in [5.74, 6) is -4.09. The quantitative estimate of drug-likeness (QED) is 0.620. The molecule has 0 amide bonds. The Morgan fingerprint density at radius 3 is 2.50 bits per heavy atom. The monoisotopic (exact) mass is 288 g/mol. The van der Waals surface area contributed by atoms with Crippen LogP contribution in [0.3, 0.4) is 0 Å². The summed E-state index contributed by atoms with van der Waals surface area (Å²) in [5.41, 5.74) is -1.46. The standard InChI is InChI=1S/C12H14F2N2O4/c1-6(2)5-8(12(17)18)15-11-9(16(19)20)4-3-7(13)10(11)14/h3-4,6,8,15H,5H2,1-2H3,(H,17,18). The van der Waals surface area contributed by atoms with Crippen LogP contribution < -0.4 is 5.32 Å². The van der Waals surface area contributed by atoms with E-state index in [0.29, 0.717) is 6.07 Å². The van der Waals surface area contributed by atoms with Crippen LogP contribution >= 0.6 is 0 Å². The van der Waals surface area contributed by atoms with E-state index in [1.54, 1.807) is 13.8 Å². The second-order valence-corrected chi connectivity index (χ2v) is 4.68. The van der Waals surface area contributed by atoms with E-state index in [-0.39, 0.29) is 12.3 Å². The Bertz CT molecular complexity index is 534. The molecule has 0 aliphatic carbocycles. The first-order chi connectivity index (χ1) is 9.23. The van der Waals surface area contributed by atoms with Crippen LogP contribution in [0.5, 0.6) is 0 Å². The van der Waals surface area contributed by atoms with Gasteiger partial charge in [0.1, 0.15) is 6.04 Å². The van der Waals surface area contributed by atoms with Crippen LogP contribution in [0, 0.1) is 27.7 Å². The SMILES string of the molecule is CC(C)CC(Nc1c([N+](=O)[O-])ccc(F)c1F)C(=O)O. The van der Waals surface area contributed by atoms with Crippen molar-refractivity contribution in [1.29, 1.82) is 0 Å². The average molecular weight is 288 g/mol. The summed E-state index contributed by atoms with van der Waals surface area (Å²) in [6.45, 7) is 3.49. The molecule has 0 radical (unpaired) electrons. The maximum atomic E-state index is 13.6. The number of rotatable bonds is 6. The normalized spacial score (nSPS) is 12.2. The number of carbonyl (C=O) groups is 1. The number of nitro groups is 1. The van der Waals surface area contributed by atoms with E-state index in [9.17, 15) is 23.7 Å². The lowest BCUT2D eigenvalue weighted by atomic mass is 10.0. The molecule has 0 saturated heterocycles. The number of benzene rings is 1. The van der Waals surface area contributed by atoms with Crippen LogP contribution in [0.15, 0.2) is 12.1 Å². The van der Waals surface area contributed by atoms with Gasteiger partial charge in [0.15, 0.2) is 17.3 Å². The van der Waals surface area contributed by atoms with E-state index in [0.717, 1.165) is 6.07 Å². The Balaban J connectivity index is 3.20. The molecule has 1 aromatic carbocycles. The van der Waals surface area contributed by atoms with Gasteiger partial charge in [-0.05, 0) is 18.4 Å². The Morgan fingerprint density at radius 2 is 2.05 bits per heavy atom. The van der Waals surface area contributed by atoms with Crippen LogP contribution in [-0.2, 0) is 4.79 Å². The van der Waals surface area contributed by atoms with Crippen molar-refractivity contribution in [2.45, 2.75) is 26.3 Å². The van der Waals surface area contributed by atoms with E-state index in [1.807, 2.05) is 0 Å². The van der Waals surface area contributed by atoms with Gasteiger partial charge in [0.05, 0.1) is 4.92 Å². The predicted molar refractivity (Wildman–Crippen MR) is 67.5 cm³/mol. The highest BCUT2D eigenvalue weighted by Crippen LogP contribution is 2.30. The molecular formula is C12H14F2N2O4. The molecule has 0 aliphatic rings. The van der Waals surface area contributed by atoms with Gasteiger partial charge in [-0.25, -0.2) is 13.6 Å². The number of anilines is 1. The summed E-state index contributed by atoms with van der Waals surface area (Å²) >= 11 is 0. The van der Waals surface area contributed by atoms with Crippen LogP contribution in [0.2, 0.25) is 0 Å². The van der Waals surface area contributed by atoms with Crippen LogP contribution in [0.4, 0.5) is 20.2 Å². The summed E-state index contributed by atoms with van der Waals surface area (Å²) < 4.78 is 26.8. The fraction of sp³-hybridized carbons (Fsp3) is 0.417. The molecule has 1 rings (SSSR count). The average Bonchev–Trinajstić information content (AvgIpc) is 2.32. The molecule has 2 N–H and O–H groups in total. The van der Waals surface area contributed by atoms with Crippen LogP contribution in [0.1, 0.15) is 20.3 Å². The van der Waals surface area contributed by atoms with E-state index >= 15 is 0 Å². The van der Waals surface area contributed by atoms with Gasteiger partial charge >= 0.3 is 5.97 Å². The van der Waals surface area contributed by atoms with E-state index < -0.39 is 39.9 Å². The van der Waals surface area contributed by atoms with E-state index in [1.165, 1.54) is 0 Å². The molecular weight excluding hydrogens is 274 g/mol. The number of nitrogens with zero attached hydrogens (tertiary/aromatic N) is 1. The van der Waals surface area contributed by atoms with Crippen molar-refractivity contribution >= 4 is 17.3 Å². The molecule has 6 nitrogen and oxygen atoms in total. The van der Waals surface area contributed by atoms with Crippen molar-refractivity contribution in [3.05, 3.63) is 33.9 Å². The largest absolute Gasteiger partial charge is 0.480 e. The number of carboxylic acid groups (broad SMARTS) is 1. The zero-order chi connectivity index (χ0) is 15.4. The van der Waals surface area contributed by atoms with Crippen LogP contribution in [0.25, 0.3) is 0 Å². The van der Waals surface area contributed by atoms with Crippen LogP contribution in [-0.4, -0.2) is 22.0 Å². The smallest absolute Gasteiger partial charge is 0.326 e. The minimum absolute atomic E-state index is 0.0423. The molecule has 1 unspecified atom stereocenters.